The van der Waals surface area contributed by atoms with Gasteiger partial charge in [-0.05, 0) is 24.1 Å². The maximum Gasteiger partial charge on any atom is 0.335 e. The van der Waals surface area contributed by atoms with E-state index in [1.807, 2.05) is 0 Å². The Kier molecular flexibility index (Phi) is 2.56. The lowest BCUT2D eigenvalue weighted by Crippen LogP contribution is -2.28. The predicted octanol–water partition coefficient (Wildman–Crippen LogP) is 1.31. The number of aromatic amines is 1. The molecule has 6 heteroatoms. The van der Waals surface area contributed by atoms with Gasteiger partial charge in [0.25, 0.3) is 5.91 Å². The first-order valence-corrected chi connectivity index (χ1v) is 5.83. The minimum Gasteiger partial charge on any atom is -0.478 e. The lowest BCUT2D eigenvalue weighted by molar-refractivity contribution is 0.0696. The van der Waals surface area contributed by atoms with Crippen molar-refractivity contribution in [2.75, 3.05) is 11.4 Å². The molecule has 1 aliphatic heterocycles. The molecule has 1 aromatic carbocycles. The fourth-order valence-corrected chi connectivity index (χ4v) is 2.25. The Labute approximate surface area is 108 Å². The van der Waals surface area contributed by atoms with Gasteiger partial charge < -0.3 is 10.0 Å². The first-order chi connectivity index (χ1) is 9.16. The number of benzene rings is 1. The molecule has 96 valence electrons. The number of H-pyrrole nitrogens is 1. The lowest BCUT2D eigenvalue weighted by atomic mass is 10.1. The van der Waals surface area contributed by atoms with Gasteiger partial charge in [0.1, 0.15) is 0 Å². The van der Waals surface area contributed by atoms with Crippen molar-refractivity contribution in [3.63, 3.8) is 0 Å². The zero-order valence-corrected chi connectivity index (χ0v) is 9.96. The average molecular weight is 257 g/mol. The molecule has 0 bridgehead atoms. The molecule has 0 spiro atoms. The zero-order valence-electron chi connectivity index (χ0n) is 9.96. The summed E-state index contributed by atoms with van der Waals surface area (Å²) in [4.78, 5) is 24.8. The summed E-state index contributed by atoms with van der Waals surface area (Å²) in [5, 5.41) is 15.4. The van der Waals surface area contributed by atoms with E-state index in [0.717, 1.165) is 12.0 Å². The number of nitrogens with zero attached hydrogens (tertiary/aromatic N) is 2. The van der Waals surface area contributed by atoms with Crippen molar-refractivity contribution >= 4 is 17.6 Å². The van der Waals surface area contributed by atoms with Crippen LogP contribution in [0.3, 0.4) is 0 Å². The van der Waals surface area contributed by atoms with E-state index in [1.54, 1.807) is 23.1 Å². The molecule has 1 aliphatic rings. The summed E-state index contributed by atoms with van der Waals surface area (Å²) in [5.74, 6) is -1.17. The summed E-state index contributed by atoms with van der Waals surface area (Å²) in [6.45, 7) is 0.558. The van der Waals surface area contributed by atoms with Gasteiger partial charge in [0.15, 0.2) is 0 Å². The van der Waals surface area contributed by atoms with E-state index in [4.69, 9.17) is 5.11 Å². The average Bonchev–Trinajstić information content (AvgIpc) is 3.06. The Bertz CT molecular complexity index is 649. The van der Waals surface area contributed by atoms with Crippen molar-refractivity contribution in [2.24, 2.45) is 0 Å². The van der Waals surface area contributed by atoms with Crippen molar-refractivity contribution in [3.8, 4) is 0 Å². The topological polar surface area (TPSA) is 86.3 Å². The third-order valence-corrected chi connectivity index (χ3v) is 3.22. The largest absolute Gasteiger partial charge is 0.478 e. The van der Waals surface area contributed by atoms with Crippen LogP contribution in [-0.2, 0) is 6.42 Å². The summed E-state index contributed by atoms with van der Waals surface area (Å²) < 4.78 is 0. The van der Waals surface area contributed by atoms with Crippen LogP contribution in [0, 0.1) is 0 Å². The summed E-state index contributed by atoms with van der Waals surface area (Å²) in [5.41, 5.74) is 2.31. The van der Waals surface area contributed by atoms with Crippen LogP contribution in [0.1, 0.15) is 26.3 Å². The molecule has 1 amide bonds. The highest BCUT2D eigenvalue weighted by molar-refractivity contribution is 6.07. The quantitative estimate of drug-likeness (QED) is 0.849. The van der Waals surface area contributed by atoms with E-state index in [1.165, 1.54) is 12.4 Å². The Morgan fingerprint density at radius 1 is 1.32 bits per heavy atom. The highest BCUT2D eigenvalue weighted by Gasteiger charge is 2.26. The number of aromatic carboxylic acids is 1. The van der Waals surface area contributed by atoms with Crippen molar-refractivity contribution in [1.82, 2.24) is 10.2 Å². The number of carboxylic acid groups (broad SMARTS) is 1. The van der Waals surface area contributed by atoms with E-state index in [-0.39, 0.29) is 11.5 Å². The van der Waals surface area contributed by atoms with Crippen LogP contribution in [0.2, 0.25) is 0 Å². The lowest BCUT2D eigenvalue weighted by Gasteiger charge is -2.16. The Hall–Kier alpha value is -2.63. The Balaban J connectivity index is 1.99. The van der Waals surface area contributed by atoms with Crippen LogP contribution in [-0.4, -0.2) is 33.7 Å². The summed E-state index contributed by atoms with van der Waals surface area (Å²) in [6.07, 6.45) is 3.72. The second kappa shape index (κ2) is 4.24. The molecule has 0 saturated heterocycles. The summed E-state index contributed by atoms with van der Waals surface area (Å²) in [7, 11) is 0. The molecule has 0 aliphatic carbocycles. The van der Waals surface area contributed by atoms with Crippen LogP contribution in [0.25, 0.3) is 0 Å². The second-order valence-electron chi connectivity index (χ2n) is 4.34. The highest BCUT2D eigenvalue weighted by atomic mass is 16.4. The maximum atomic E-state index is 12.3. The molecule has 19 heavy (non-hydrogen) atoms. The number of carbonyl (C=O) groups is 2. The molecule has 2 aromatic rings. The number of anilines is 1. The molecular weight excluding hydrogens is 246 g/mol. The zero-order chi connectivity index (χ0) is 13.4. The highest BCUT2D eigenvalue weighted by Crippen LogP contribution is 2.30. The number of amides is 1. The molecular formula is C13H11N3O3. The van der Waals surface area contributed by atoms with E-state index < -0.39 is 5.97 Å². The van der Waals surface area contributed by atoms with Crippen LogP contribution in [0.15, 0.2) is 30.6 Å². The molecule has 6 nitrogen and oxygen atoms in total. The monoisotopic (exact) mass is 257 g/mol. The van der Waals surface area contributed by atoms with Crippen molar-refractivity contribution in [1.29, 1.82) is 0 Å². The number of nitrogens with one attached hydrogen (secondary N) is 1. The fourth-order valence-electron chi connectivity index (χ4n) is 2.25. The smallest absolute Gasteiger partial charge is 0.335 e. The molecule has 0 saturated carbocycles. The van der Waals surface area contributed by atoms with Crippen LogP contribution < -0.4 is 4.90 Å². The third-order valence-electron chi connectivity index (χ3n) is 3.22. The second-order valence-corrected chi connectivity index (χ2v) is 4.34. The molecule has 1 aromatic heterocycles. The summed E-state index contributed by atoms with van der Waals surface area (Å²) >= 11 is 0. The van der Waals surface area contributed by atoms with Gasteiger partial charge >= 0.3 is 5.97 Å². The minimum absolute atomic E-state index is 0.171. The Morgan fingerprint density at radius 2 is 2.16 bits per heavy atom. The molecule has 3 rings (SSSR count). The molecule has 0 unspecified atom stereocenters. The van der Waals surface area contributed by atoms with E-state index in [9.17, 15) is 9.59 Å². The van der Waals surface area contributed by atoms with Gasteiger partial charge in [0.2, 0.25) is 0 Å². The number of fused-ring (bicyclic) bond motifs is 1. The van der Waals surface area contributed by atoms with Crippen molar-refractivity contribution in [2.45, 2.75) is 6.42 Å². The third kappa shape index (κ3) is 1.87. The van der Waals surface area contributed by atoms with E-state index in [2.05, 4.69) is 10.2 Å². The first-order valence-electron chi connectivity index (χ1n) is 5.83. The van der Waals surface area contributed by atoms with Gasteiger partial charge in [-0.1, -0.05) is 6.07 Å². The van der Waals surface area contributed by atoms with Gasteiger partial charge in [-0.15, -0.1) is 0 Å². The van der Waals surface area contributed by atoms with Gasteiger partial charge in [0.05, 0.1) is 17.3 Å². The SMILES string of the molecule is O=C(O)c1ccc2c(c1)N(C(=O)c1cn[nH]c1)CC2. The number of rotatable bonds is 2. The number of aromatic nitrogens is 2. The molecule has 0 atom stereocenters. The van der Waals surface area contributed by atoms with Gasteiger partial charge in [0, 0.05) is 18.4 Å². The molecule has 2 N–H and O–H groups in total. The van der Waals surface area contributed by atoms with Gasteiger partial charge in [-0.3, -0.25) is 9.89 Å². The van der Waals surface area contributed by atoms with Gasteiger partial charge in [-0.25, -0.2) is 4.79 Å². The predicted molar refractivity (Wildman–Crippen MR) is 67.4 cm³/mol. The normalized spacial score (nSPS) is 13.4. The molecule has 0 fully saturated rings. The maximum absolute atomic E-state index is 12.3. The first kappa shape index (κ1) is 11.5. The minimum atomic E-state index is -0.995. The number of hydrogen-bond donors (Lipinski definition) is 2. The van der Waals surface area contributed by atoms with Crippen LogP contribution in [0.4, 0.5) is 5.69 Å². The van der Waals surface area contributed by atoms with Crippen LogP contribution >= 0.6 is 0 Å². The number of hydrogen-bond acceptors (Lipinski definition) is 3. The standard InChI is InChI=1S/C13H11N3O3/c17-12(10-6-14-15-7-10)16-4-3-8-1-2-9(13(18)19)5-11(8)16/h1-2,5-7H,3-4H2,(H,14,15)(H,18,19). The van der Waals surface area contributed by atoms with Crippen LogP contribution in [0.5, 0.6) is 0 Å². The van der Waals surface area contributed by atoms with Crippen molar-refractivity contribution < 1.29 is 14.7 Å². The fraction of sp³-hybridized carbons (Fsp3) is 0.154. The van der Waals surface area contributed by atoms with Gasteiger partial charge in [-0.2, -0.15) is 5.10 Å². The number of carbonyl (C=O) groups excluding carboxylic acids is 1. The van der Waals surface area contributed by atoms with E-state index >= 15 is 0 Å². The van der Waals surface area contributed by atoms with Crippen molar-refractivity contribution in [3.05, 3.63) is 47.3 Å². The molecule has 2 heterocycles. The number of carboxylic acids is 1. The summed E-state index contributed by atoms with van der Waals surface area (Å²) in [6, 6.07) is 4.87. The Morgan fingerprint density at radius 3 is 2.84 bits per heavy atom. The van der Waals surface area contributed by atoms with E-state index in [0.29, 0.717) is 17.8 Å². The molecule has 0 radical (unpaired) electrons.